The molecule has 96 valence electrons. The van der Waals surface area contributed by atoms with E-state index >= 15 is 0 Å². The molecule has 0 radical (unpaired) electrons. The second-order valence-corrected chi connectivity index (χ2v) is 5.51. The van der Waals surface area contributed by atoms with Gasteiger partial charge in [-0.2, -0.15) is 0 Å². The fraction of sp³-hybridized carbons (Fsp3) is 0.857. The van der Waals surface area contributed by atoms with E-state index in [9.17, 15) is 0 Å². The van der Waals surface area contributed by atoms with Gasteiger partial charge in [-0.25, -0.2) is 0 Å². The van der Waals surface area contributed by atoms with Crippen molar-refractivity contribution in [2.75, 3.05) is 20.1 Å². The van der Waals surface area contributed by atoms with Crippen LogP contribution in [0.15, 0.2) is 12.7 Å². The highest BCUT2D eigenvalue weighted by Crippen LogP contribution is 2.20. The zero-order chi connectivity index (χ0) is 12.4. The molecular formula is C14H29ClN+. The molecule has 0 N–H and O–H groups in total. The molecule has 16 heavy (non-hydrogen) atoms. The van der Waals surface area contributed by atoms with Gasteiger partial charge < -0.3 is 4.48 Å². The number of quaternary nitrogens is 1. The molecule has 0 aliphatic heterocycles. The standard InChI is InChI=1S/C14H29ClN/c1-5-7-8-9-10-12-14(11-6-2)16(3,4)13-15/h5,14H,1,6-13H2,2-4H3/q+1. The Morgan fingerprint density at radius 3 is 2.38 bits per heavy atom. The predicted molar refractivity (Wildman–Crippen MR) is 74.8 cm³/mol. The monoisotopic (exact) mass is 246 g/mol. The molecule has 0 aromatic rings. The molecular weight excluding hydrogens is 218 g/mol. The number of hydrogen-bond acceptors (Lipinski definition) is 0. The Bertz CT molecular complexity index is 178. The summed E-state index contributed by atoms with van der Waals surface area (Å²) in [5, 5.41) is 0. The van der Waals surface area contributed by atoms with Crippen molar-refractivity contribution in [3.8, 4) is 0 Å². The maximum absolute atomic E-state index is 6.05. The minimum absolute atomic E-state index is 0.720. The summed E-state index contributed by atoms with van der Waals surface area (Å²) in [6.45, 7) is 6.02. The third-order valence-electron chi connectivity index (χ3n) is 3.36. The van der Waals surface area contributed by atoms with Crippen LogP contribution in [0.2, 0.25) is 0 Å². The molecule has 0 spiro atoms. The molecule has 1 atom stereocenters. The largest absolute Gasteiger partial charge is 0.313 e. The fourth-order valence-electron chi connectivity index (χ4n) is 2.12. The lowest BCUT2D eigenvalue weighted by atomic mass is 10.0. The summed E-state index contributed by atoms with van der Waals surface area (Å²) in [5.74, 6) is 0. The van der Waals surface area contributed by atoms with E-state index in [4.69, 9.17) is 11.6 Å². The van der Waals surface area contributed by atoms with Gasteiger partial charge in [-0.05, 0) is 32.1 Å². The van der Waals surface area contributed by atoms with Gasteiger partial charge >= 0.3 is 0 Å². The highest BCUT2D eigenvalue weighted by molar-refractivity contribution is 6.16. The number of unbranched alkanes of at least 4 members (excludes halogenated alkanes) is 3. The molecule has 1 nitrogen and oxygen atoms in total. The van der Waals surface area contributed by atoms with Gasteiger partial charge in [-0.15, -0.1) is 6.58 Å². The minimum atomic E-state index is 0.720. The molecule has 2 heteroatoms. The topological polar surface area (TPSA) is 0 Å². The molecule has 0 fully saturated rings. The Labute approximate surface area is 107 Å². The summed E-state index contributed by atoms with van der Waals surface area (Å²) in [4.78, 5) is 0. The highest BCUT2D eigenvalue weighted by atomic mass is 35.5. The van der Waals surface area contributed by atoms with Crippen LogP contribution in [-0.4, -0.2) is 30.6 Å². The van der Waals surface area contributed by atoms with E-state index in [1.807, 2.05) is 6.08 Å². The Hall–Kier alpha value is -0.0100. The second-order valence-electron chi connectivity index (χ2n) is 5.27. The molecule has 0 amide bonds. The van der Waals surface area contributed by atoms with Crippen LogP contribution in [0.4, 0.5) is 0 Å². The average molecular weight is 247 g/mol. The molecule has 0 heterocycles. The summed E-state index contributed by atoms with van der Waals surface area (Å²) in [6.07, 6.45) is 11.0. The Balaban J connectivity index is 3.89. The highest BCUT2D eigenvalue weighted by Gasteiger charge is 2.25. The number of nitrogens with zero attached hydrogens (tertiary/aromatic N) is 1. The number of hydrogen-bond donors (Lipinski definition) is 0. The van der Waals surface area contributed by atoms with E-state index in [2.05, 4.69) is 27.6 Å². The van der Waals surface area contributed by atoms with Crippen LogP contribution in [0.25, 0.3) is 0 Å². The lowest BCUT2D eigenvalue weighted by molar-refractivity contribution is -0.905. The van der Waals surface area contributed by atoms with Crippen molar-refractivity contribution in [2.24, 2.45) is 0 Å². The summed E-state index contributed by atoms with van der Waals surface area (Å²) in [6, 6.07) is 1.45. The van der Waals surface area contributed by atoms with Crippen LogP contribution < -0.4 is 0 Å². The van der Waals surface area contributed by atoms with Crippen LogP contribution in [0, 0.1) is 0 Å². The van der Waals surface area contributed by atoms with Gasteiger partial charge in [0.2, 0.25) is 0 Å². The molecule has 0 aromatic heterocycles. The van der Waals surface area contributed by atoms with Crippen molar-refractivity contribution in [3.63, 3.8) is 0 Å². The SMILES string of the molecule is C=CCCCCCC(CCC)[N+](C)(C)CCl. The lowest BCUT2D eigenvalue weighted by Crippen LogP contribution is -2.47. The van der Waals surface area contributed by atoms with Crippen LogP contribution >= 0.6 is 11.6 Å². The maximum Gasteiger partial charge on any atom is 0.154 e. The zero-order valence-corrected chi connectivity index (χ0v) is 12.1. The second kappa shape index (κ2) is 9.07. The first-order valence-corrected chi connectivity index (χ1v) is 7.11. The zero-order valence-electron chi connectivity index (χ0n) is 11.3. The van der Waals surface area contributed by atoms with Crippen molar-refractivity contribution in [1.29, 1.82) is 0 Å². The van der Waals surface area contributed by atoms with Gasteiger partial charge in [0.05, 0.1) is 20.1 Å². The maximum atomic E-state index is 6.05. The van der Waals surface area contributed by atoms with E-state index in [1.54, 1.807) is 0 Å². The average Bonchev–Trinajstić information content (AvgIpc) is 2.27. The number of halogens is 1. The fourth-order valence-corrected chi connectivity index (χ4v) is 2.31. The van der Waals surface area contributed by atoms with Crippen molar-refractivity contribution in [3.05, 3.63) is 12.7 Å². The van der Waals surface area contributed by atoms with Gasteiger partial charge in [0.25, 0.3) is 0 Å². The van der Waals surface area contributed by atoms with Crippen molar-refractivity contribution >= 4 is 11.6 Å². The van der Waals surface area contributed by atoms with E-state index in [0.29, 0.717) is 0 Å². The number of alkyl halides is 1. The first kappa shape index (κ1) is 16.0. The van der Waals surface area contributed by atoms with Crippen molar-refractivity contribution in [2.45, 2.75) is 57.9 Å². The van der Waals surface area contributed by atoms with Gasteiger partial charge in [0.15, 0.2) is 6.00 Å². The molecule has 0 saturated carbocycles. The van der Waals surface area contributed by atoms with Crippen LogP contribution in [-0.2, 0) is 0 Å². The lowest BCUT2D eigenvalue weighted by Gasteiger charge is -2.36. The summed E-state index contributed by atoms with van der Waals surface area (Å²) in [5.41, 5.74) is 0. The number of rotatable bonds is 10. The third-order valence-corrected chi connectivity index (χ3v) is 3.98. The first-order valence-electron chi connectivity index (χ1n) is 6.58. The Morgan fingerprint density at radius 2 is 1.88 bits per heavy atom. The van der Waals surface area contributed by atoms with E-state index in [0.717, 1.165) is 22.9 Å². The predicted octanol–water partition coefficient (Wildman–Crippen LogP) is 4.56. The van der Waals surface area contributed by atoms with Crippen molar-refractivity contribution in [1.82, 2.24) is 0 Å². The van der Waals surface area contributed by atoms with E-state index < -0.39 is 0 Å². The summed E-state index contributed by atoms with van der Waals surface area (Å²) < 4.78 is 0.955. The normalized spacial score (nSPS) is 13.8. The Kier molecular flexibility index (Phi) is 9.06. The third kappa shape index (κ3) is 6.55. The van der Waals surface area contributed by atoms with Crippen LogP contribution in [0.5, 0.6) is 0 Å². The molecule has 0 aromatic carbocycles. The number of allylic oxidation sites excluding steroid dienone is 1. The molecule has 1 unspecified atom stereocenters. The van der Waals surface area contributed by atoms with Crippen LogP contribution in [0.3, 0.4) is 0 Å². The molecule has 0 aliphatic carbocycles. The quantitative estimate of drug-likeness (QED) is 0.174. The molecule has 0 bridgehead atoms. The van der Waals surface area contributed by atoms with Gasteiger partial charge in [-0.1, -0.05) is 37.4 Å². The van der Waals surface area contributed by atoms with Crippen LogP contribution in [0.1, 0.15) is 51.9 Å². The smallest absolute Gasteiger partial charge is 0.154 e. The van der Waals surface area contributed by atoms with E-state index in [1.165, 1.54) is 38.5 Å². The van der Waals surface area contributed by atoms with Crippen molar-refractivity contribution < 1.29 is 4.48 Å². The van der Waals surface area contributed by atoms with Gasteiger partial charge in [0, 0.05) is 0 Å². The minimum Gasteiger partial charge on any atom is -0.313 e. The summed E-state index contributed by atoms with van der Waals surface area (Å²) in [7, 11) is 4.49. The van der Waals surface area contributed by atoms with Gasteiger partial charge in [0.1, 0.15) is 0 Å². The Morgan fingerprint density at radius 1 is 1.19 bits per heavy atom. The molecule has 0 aliphatic rings. The molecule has 0 rings (SSSR count). The first-order chi connectivity index (χ1) is 7.58. The van der Waals surface area contributed by atoms with E-state index in [-0.39, 0.29) is 0 Å². The van der Waals surface area contributed by atoms with Gasteiger partial charge in [-0.3, -0.25) is 0 Å². The molecule has 0 saturated heterocycles. The summed E-state index contributed by atoms with van der Waals surface area (Å²) >= 11 is 6.05.